The molecule has 0 spiro atoms. The molecule has 1 unspecified atom stereocenters. The van der Waals surface area contributed by atoms with Crippen LogP contribution < -0.4 is 10.5 Å². The van der Waals surface area contributed by atoms with Crippen molar-refractivity contribution in [2.24, 2.45) is 5.92 Å². The fourth-order valence-corrected chi connectivity index (χ4v) is 1.60. The van der Waals surface area contributed by atoms with Gasteiger partial charge < -0.3 is 10.1 Å². The summed E-state index contributed by atoms with van der Waals surface area (Å²) in [6.07, 6.45) is 1.13. The third kappa shape index (κ3) is 1.79. The van der Waals surface area contributed by atoms with Crippen LogP contribution in [0, 0.1) is 5.92 Å². The summed E-state index contributed by atoms with van der Waals surface area (Å²) >= 11 is 0. The first-order chi connectivity index (χ1) is 7.58. The fraction of sp³-hybridized carbons (Fsp3) is 0.333. The summed E-state index contributed by atoms with van der Waals surface area (Å²) in [6.45, 7) is 0.0601. The summed E-state index contributed by atoms with van der Waals surface area (Å²) in [5, 5.41) is 8.78. The zero-order chi connectivity index (χ0) is 11.7. The topological polar surface area (TPSA) is 103 Å². The number of H-pyrrole nitrogens is 1. The summed E-state index contributed by atoms with van der Waals surface area (Å²) < 4.78 is 0. The number of nitrogens with one attached hydrogen (secondary N) is 1. The third-order valence-corrected chi connectivity index (χ3v) is 2.41. The molecule has 0 saturated carbocycles. The fourth-order valence-electron chi connectivity index (χ4n) is 1.60. The molecule has 0 bridgehead atoms. The van der Waals surface area contributed by atoms with E-state index in [2.05, 4.69) is 9.97 Å². The van der Waals surface area contributed by atoms with Gasteiger partial charge in [0.15, 0.2) is 0 Å². The number of aliphatic carboxylic acids is 1. The van der Waals surface area contributed by atoms with Gasteiger partial charge in [0.25, 0.3) is 5.56 Å². The second-order valence-corrected chi connectivity index (χ2v) is 3.51. The first-order valence-electron chi connectivity index (χ1n) is 4.66. The number of aromatic nitrogens is 2. The zero-order valence-corrected chi connectivity index (χ0v) is 8.21. The highest BCUT2D eigenvalue weighted by molar-refractivity contribution is 5.98. The Balaban J connectivity index is 2.26. The van der Waals surface area contributed by atoms with Crippen LogP contribution in [0.2, 0.25) is 0 Å². The van der Waals surface area contributed by atoms with Gasteiger partial charge in [-0.15, -0.1) is 0 Å². The van der Waals surface area contributed by atoms with Gasteiger partial charge in [-0.2, -0.15) is 0 Å². The number of carboxylic acid groups (broad SMARTS) is 1. The molecule has 2 heterocycles. The Morgan fingerprint density at radius 3 is 2.88 bits per heavy atom. The highest BCUT2D eigenvalue weighted by Gasteiger charge is 2.35. The average molecular weight is 223 g/mol. The Labute approximate surface area is 89.7 Å². The number of hydrogen-bond donors (Lipinski definition) is 2. The SMILES string of the molecule is O=C(O)C1CC(=O)N(c2cc(=O)[nH]cn2)C1. The Hall–Kier alpha value is -2.18. The molecule has 1 saturated heterocycles. The summed E-state index contributed by atoms with van der Waals surface area (Å²) in [5.41, 5.74) is -0.378. The monoisotopic (exact) mass is 223 g/mol. The quantitative estimate of drug-likeness (QED) is 0.683. The number of carbonyl (C=O) groups excluding carboxylic acids is 1. The van der Waals surface area contributed by atoms with E-state index >= 15 is 0 Å². The minimum absolute atomic E-state index is 0.0518. The predicted molar refractivity (Wildman–Crippen MR) is 53.0 cm³/mol. The van der Waals surface area contributed by atoms with Crippen LogP contribution in [0.4, 0.5) is 5.82 Å². The molecule has 0 aliphatic carbocycles. The van der Waals surface area contributed by atoms with Crippen molar-refractivity contribution in [1.82, 2.24) is 9.97 Å². The first kappa shape index (κ1) is 10.3. The van der Waals surface area contributed by atoms with Crippen LogP contribution in [0.1, 0.15) is 6.42 Å². The average Bonchev–Trinajstić information content (AvgIpc) is 2.60. The second-order valence-electron chi connectivity index (χ2n) is 3.51. The number of aromatic amines is 1. The van der Waals surface area contributed by atoms with Gasteiger partial charge >= 0.3 is 5.97 Å². The molecule has 1 aliphatic rings. The number of carboxylic acids is 1. The highest BCUT2D eigenvalue weighted by Crippen LogP contribution is 2.22. The molecule has 1 aliphatic heterocycles. The molecule has 84 valence electrons. The van der Waals surface area contributed by atoms with Crippen LogP contribution in [0.3, 0.4) is 0 Å². The van der Waals surface area contributed by atoms with Crippen molar-refractivity contribution in [2.45, 2.75) is 6.42 Å². The normalized spacial score (nSPS) is 20.1. The molecule has 1 amide bonds. The lowest BCUT2D eigenvalue weighted by Gasteiger charge is -2.13. The van der Waals surface area contributed by atoms with Crippen LogP contribution in [-0.4, -0.2) is 33.5 Å². The number of amides is 1. The van der Waals surface area contributed by atoms with Gasteiger partial charge in [0, 0.05) is 19.0 Å². The minimum Gasteiger partial charge on any atom is -0.481 e. The van der Waals surface area contributed by atoms with Gasteiger partial charge in [-0.1, -0.05) is 0 Å². The Morgan fingerprint density at radius 2 is 2.31 bits per heavy atom. The maximum atomic E-state index is 11.5. The van der Waals surface area contributed by atoms with Gasteiger partial charge in [-0.3, -0.25) is 19.3 Å². The largest absolute Gasteiger partial charge is 0.481 e. The Kier molecular flexibility index (Phi) is 2.43. The van der Waals surface area contributed by atoms with Crippen LogP contribution >= 0.6 is 0 Å². The molecule has 1 aromatic heterocycles. The maximum absolute atomic E-state index is 11.5. The van der Waals surface area contributed by atoms with E-state index in [0.29, 0.717) is 0 Å². The van der Waals surface area contributed by atoms with E-state index in [9.17, 15) is 14.4 Å². The smallest absolute Gasteiger partial charge is 0.308 e. The van der Waals surface area contributed by atoms with Crippen LogP contribution in [0.25, 0.3) is 0 Å². The first-order valence-corrected chi connectivity index (χ1v) is 4.66. The van der Waals surface area contributed by atoms with Crippen LogP contribution in [0.15, 0.2) is 17.2 Å². The number of carbonyl (C=O) groups is 2. The number of rotatable bonds is 2. The van der Waals surface area contributed by atoms with Crippen molar-refractivity contribution in [1.29, 1.82) is 0 Å². The molecule has 2 rings (SSSR count). The minimum atomic E-state index is -1.01. The lowest BCUT2D eigenvalue weighted by molar-refractivity contribution is -0.141. The Bertz CT molecular complexity index is 496. The lowest BCUT2D eigenvalue weighted by Crippen LogP contribution is -2.28. The highest BCUT2D eigenvalue weighted by atomic mass is 16.4. The molecular formula is C9H9N3O4. The molecule has 16 heavy (non-hydrogen) atoms. The Morgan fingerprint density at radius 1 is 1.56 bits per heavy atom. The number of anilines is 1. The van der Waals surface area contributed by atoms with E-state index in [1.165, 1.54) is 17.3 Å². The summed E-state index contributed by atoms with van der Waals surface area (Å²) in [4.78, 5) is 40.6. The van der Waals surface area contributed by atoms with Crippen molar-refractivity contribution < 1.29 is 14.7 Å². The standard InChI is InChI=1S/C9H9N3O4/c13-7-2-6(10-4-11-7)12-3-5(9(15)16)1-8(12)14/h2,4-5H,1,3H2,(H,15,16)(H,10,11,13). The molecule has 2 N–H and O–H groups in total. The van der Waals surface area contributed by atoms with E-state index in [-0.39, 0.29) is 30.2 Å². The number of hydrogen-bond acceptors (Lipinski definition) is 4. The van der Waals surface area contributed by atoms with E-state index in [4.69, 9.17) is 5.11 Å². The van der Waals surface area contributed by atoms with E-state index in [0.717, 1.165) is 0 Å². The molecule has 7 heteroatoms. The summed E-state index contributed by atoms with van der Waals surface area (Å²) in [6, 6.07) is 1.17. The summed E-state index contributed by atoms with van der Waals surface area (Å²) in [5.74, 6) is -1.88. The third-order valence-electron chi connectivity index (χ3n) is 2.41. The zero-order valence-electron chi connectivity index (χ0n) is 8.21. The second kappa shape index (κ2) is 3.76. The van der Waals surface area contributed by atoms with E-state index in [1.807, 2.05) is 0 Å². The van der Waals surface area contributed by atoms with E-state index in [1.54, 1.807) is 0 Å². The van der Waals surface area contributed by atoms with Crippen molar-refractivity contribution in [3.8, 4) is 0 Å². The van der Waals surface area contributed by atoms with Gasteiger partial charge in [0.2, 0.25) is 5.91 Å². The molecular weight excluding hydrogens is 214 g/mol. The van der Waals surface area contributed by atoms with Crippen LogP contribution in [-0.2, 0) is 9.59 Å². The molecule has 1 atom stereocenters. The molecule has 1 fully saturated rings. The van der Waals surface area contributed by atoms with Gasteiger partial charge in [-0.05, 0) is 0 Å². The van der Waals surface area contributed by atoms with Crippen LogP contribution in [0.5, 0.6) is 0 Å². The van der Waals surface area contributed by atoms with Gasteiger partial charge in [0.05, 0.1) is 12.2 Å². The lowest BCUT2D eigenvalue weighted by atomic mass is 10.1. The van der Waals surface area contributed by atoms with E-state index < -0.39 is 11.9 Å². The predicted octanol–water partition coefficient (Wildman–Crippen LogP) is -0.793. The molecule has 0 radical (unpaired) electrons. The van der Waals surface area contributed by atoms with Crippen molar-refractivity contribution >= 4 is 17.7 Å². The van der Waals surface area contributed by atoms with Crippen molar-refractivity contribution in [3.05, 3.63) is 22.7 Å². The number of nitrogens with zero attached hydrogens (tertiary/aromatic N) is 2. The maximum Gasteiger partial charge on any atom is 0.308 e. The van der Waals surface area contributed by atoms with Crippen molar-refractivity contribution in [3.63, 3.8) is 0 Å². The molecule has 7 nitrogen and oxygen atoms in total. The van der Waals surface area contributed by atoms with Gasteiger partial charge in [-0.25, -0.2) is 4.98 Å². The van der Waals surface area contributed by atoms with Crippen molar-refractivity contribution in [2.75, 3.05) is 11.4 Å². The summed E-state index contributed by atoms with van der Waals surface area (Å²) in [7, 11) is 0. The molecule has 0 aromatic carbocycles. The van der Waals surface area contributed by atoms with Gasteiger partial charge in [0.1, 0.15) is 5.82 Å². The molecule has 1 aromatic rings.